The lowest BCUT2D eigenvalue weighted by atomic mass is 9.92. The van der Waals surface area contributed by atoms with Gasteiger partial charge in [0.25, 0.3) is 0 Å². The lowest BCUT2D eigenvalue weighted by Gasteiger charge is -2.27. The fourth-order valence-electron chi connectivity index (χ4n) is 2.70. The van der Waals surface area contributed by atoms with Gasteiger partial charge in [-0.05, 0) is 67.2 Å². The molecule has 0 fully saturated rings. The molecule has 0 unspecified atom stereocenters. The molecule has 6 heteroatoms. The average molecular weight is 379 g/mol. The van der Waals surface area contributed by atoms with Crippen LogP contribution in [0.25, 0.3) is 16.0 Å². The largest absolute Gasteiger partial charge is 0.329 e. The number of carbonyl (C=O) groups excluding carboxylic acids is 1. The Morgan fingerprint density at radius 3 is 2.52 bits per heavy atom. The molecule has 0 aliphatic heterocycles. The number of urea groups is 1. The lowest BCUT2D eigenvalue weighted by molar-refractivity contribution is 0.242. The van der Waals surface area contributed by atoms with Gasteiger partial charge in [0.1, 0.15) is 0 Å². The van der Waals surface area contributed by atoms with Crippen molar-refractivity contribution in [1.82, 2.24) is 14.9 Å². The summed E-state index contributed by atoms with van der Waals surface area (Å²) in [6, 6.07) is 15.4. The molecule has 3 aromatic rings. The topological polar surface area (TPSA) is 66.9 Å². The molecule has 3 rings (SSSR count). The fraction of sp³-hybridized carbons (Fsp3) is 0.190. The SMILES string of the molecule is C=C(C)c1cccc(C(C)(C)NC(=O)Nc2ccc(-c3cnns3)cc2)c1. The standard InChI is InChI=1S/C21H22N4OS/c1-14(2)16-6-5-7-17(12-16)21(3,4)24-20(26)23-18-10-8-15(9-11-18)19-13-22-25-27-19/h5-13H,1H2,2-4H3,(H2,23,24,26). The summed E-state index contributed by atoms with van der Waals surface area (Å²) in [6.45, 7) is 9.91. The molecule has 5 nitrogen and oxygen atoms in total. The van der Waals surface area contributed by atoms with E-state index in [-0.39, 0.29) is 6.03 Å². The van der Waals surface area contributed by atoms with E-state index in [1.54, 1.807) is 6.20 Å². The number of carbonyl (C=O) groups is 1. The fourth-order valence-corrected chi connectivity index (χ4v) is 3.22. The van der Waals surface area contributed by atoms with Crippen LogP contribution in [0.1, 0.15) is 31.9 Å². The van der Waals surface area contributed by atoms with Crippen LogP contribution in [0.4, 0.5) is 10.5 Å². The summed E-state index contributed by atoms with van der Waals surface area (Å²) < 4.78 is 3.86. The molecule has 0 saturated carbocycles. The monoisotopic (exact) mass is 378 g/mol. The van der Waals surface area contributed by atoms with Crippen molar-refractivity contribution in [3.8, 4) is 10.4 Å². The number of rotatable bonds is 5. The summed E-state index contributed by atoms with van der Waals surface area (Å²) in [6.07, 6.45) is 1.72. The van der Waals surface area contributed by atoms with Gasteiger partial charge in [-0.25, -0.2) is 4.79 Å². The molecule has 0 aliphatic rings. The van der Waals surface area contributed by atoms with Gasteiger partial charge in [0.05, 0.1) is 16.6 Å². The van der Waals surface area contributed by atoms with Crippen molar-refractivity contribution in [3.05, 3.63) is 72.4 Å². The minimum atomic E-state index is -0.524. The molecule has 27 heavy (non-hydrogen) atoms. The molecular formula is C21H22N4OS. The van der Waals surface area contributed by atoms with Crippen molar-refractivity contribution in [3.63, 3.8) is 0 Å². The van der Waals surface area contributed by atoms with Gasteiger partial charge in [-0.3, -0.25) is 0 Å². The van der Waals surface area contributed by atoms with E-state index in [4.69, 9.17) is 0 Å². The molecule has 0 aliphatic carbocycles. The Labute approximate surface area is 163 Å². The minimum absolute atomic E-state index is 0.257. The number of nitrogens with zero attached hydrogens (tertiary/aromatic N) is 2. The van der Waals surface area contributed by atoms with Crippen LogP contribution < -0.4 is 10.6 Å². The van der Waals surface area contributed by atoms with Crippen molar-refractivity contribution >= 4 is 28.8 Å². The van der Waals surface area contributed by atoms with Crippen molar-refractivity contribution in [1.29, 1.82) is 0 Å². The van der Waals surface area contributed by atoms with Gasteiger partial charge in [-0.1, -0.05) is 47.0 Å². The maximum atomic E-state index is 12.5. The number of nitrogens with one attached hydrogen (secondary N) is 2. The maximum absolute atomic E-state index is 12.5. The van der Waals surface area contributed by atoms with Crippen molar-refractivity contribution in [2.24, 2.45) is 0 Å². The predicted molar refractivity (Wildman–Crippen MR) is 112 cm³/mol. The Morgan fingerprint density at radius 2 is 1.89 bits per heavy atom. The van der Waals surface area contributed by atoms with E-state index in [2.05, 4.69) is 32.9 Å². The van der Waals surface area contributed by atoms with E-state index in [1.807, 2.05) is 63.2 Å². The maximum Gasteiger partial charge on any atom is 0.319 e. The number of hydrogen-bond donors (Lipinski definition) is 2. The summed E-state index contributed by atoms with van der Waals surface area (Å²) in [5, 5.41) is 9.75. The molecule has 2 aromatic carbocycles. The van der Waals surface area contributed by atoms with Gasteiger partial charge >= 0.3 is 6.03 Å². The van der Waals surface area contributed by atoms with E-state index < -0.39 is 5.54 Å². The molecule has 0 bridgehead atoms. The van der Waals surface area contributed by atoms with Crippen LogP contribution in [-0.4, -0.2) is 15.6 Å². The van der Waals surface area contributed by atoms with E-state index in [0.29, 0.717) is 0 Å². The van der Waals surface area contributed by atoms with Crippen LogP contribution in [-0.2, 0) is 5.54 Å². The third kappa shape index (κ3) is 4.60. The third-order valence-corrected chi connectivity index (χ3v) is 5.01. The van der Waals surface area contributed by atoms with Crippen molar-refractivity contribution in [2.75, 3.05) is 5.32 Å². The number of aromatic nitrogens is 2. The molecule has 0 atom stereocenters. The number of benzene rings is 2. The summed E-state index contributed by atoms with van der Waals surface area (Å²) in [5.74, 6) is 0. The summed E-state index contributed by atoms with van der Waals surface area (Å²) in [5.41, 5.74) is 4.30. The Balaban J connectivity index is 1.67. The highest BCUT2D eigenvalue weighted by Crippen LogP contribution is 2.25. The molecule has 138 valence electrons. The van der Waals surface area contributed by atoms with Gasteiger partial charge in [0.2, 0.25) is 0 Å². The van der Waals surface area contributed by atoms with Crippen LogP contribution in [0.5, 0.6) is 0 Å². The van der Waals surface area contributed by atoms with Gasteiger partial charge in [0, 0.05) is 5.69 Å². The zero-order chi connectivity index (χ0) is 19.4. The van der Waals surface area contributed by atoms with E-state index >= 15 is 0 Å². The highest BCUT2D eigenvalue weighted by molar-refractivity contribution is 7.09. The van der Waals surface area contributed by atoms with E-state index in [0.717, 1.165) is 32.8 Å². The molecule has 0 radical (unpaired) electrons. The smallest absolute Gasteiger partial charge is 0.319 e. The Hall–Kier alpha value is -2.99. The number of hydrogen-bond acceptors (Lipinski definition) is 4. The van der Waals surface area contributed by atoms with Crippen LogP contribution in [0.2, 0.25) is 0 Å². The summed E-state index contributed by atoms with van der Waals surface area (Å²) in [4.78, 5) is 13.5. The minimum Gasteiger partial charge on any atom is -0.329 e. The first-order valence-electron chi connectivity index (χ1n) is 8.58. The Morgan fingerprint density at radius 1 is 1.15 bits per heavy atom. The highest BCUT2D eigenvalue weighted by Gasteiger charge is 2.23. The normalized spacial score (nSPS) is 11.1. The summed E-state index contributed by atoms with van der Waals surface area (Å²) >= 11 is 1.34. The first-order valence-corrected chi connectivity index (χ1v) is 9.36. The summed E-state index contributed by atoms with van der Waals surface area (Å²) in [7, 11) is 0. The second kappa shape index (κ2) is 7.72. The van der Waals surface area contributed by atoms with Crippen LogP contribution in [0.3, 0.4) is 0 Å². The Kier molecular flexibility index (Phi) is 5.37. The van der Waals surface area contributed by atoms with Gasteiger partial charge < -0.3 is 10.6 Å². The third-order valence-electron chi connectivity index (χ3n) is 4.29. The first-order chi connectivity index (χ1) is 12.8. The zero-order valence-electron chi connectivity index (χ0n) is 15.6. The molecular weight excluding hydrogens is 356 g/mol. The molecule has 0 saturated heterocycles. The van der Waals surface area contributed by atoms with Crippen LogP contribution in [0.15, 0.2) is 61.3 Å². The Bertz CT molecular complexity index is 947. The number of allylic oxidation sites excluding steroid dienone is 1. The second-order valence-corrected chi connectivity index (χ2v) is 7.71. The lowest BCUT2D eigenvalue weighted by Crippen LogP contribution is -2.43. The second-order valence-electron chi connectivity index (χ2n) is 6.92. The predicted octanol–water partition coefficient (Wildman–Crippen LogP) is 5.30. The zero-order valence-corrected chi connectivity index (χ0v) is 16.4. The van der Waals surface area contributed by atoms with Gasteiger partial charge in [-0.15, -0.1) is 5.10 Å². The first kappa shape index (κ1) is 18.8. The van der Waals surface area contributed by atoms with Crippen LogP contribution in [0, 0.1) is 0 Å². The highest BCUT2D eigenvalue weighted by atomic mass is 32.1. The van der Waals surface area contributed by atoms with Gasteiger partial charge in [0.15, 0.2) is 0 Å². The quantitative estimate of drug-likeness (QED) is 0.633. The van der Waals surface area contributed by atoms with Crippen molar-refractivity contribution in [2.45, 2.75) is 26.3 Å². The number of anilines is 1. The van der Waals surface area contributed by atoms with Crippen molar-refractivity contribution < 1.29 is 4.79 Å². The van der Waals surface area contributed by atoms with E-state index in [1.165, 1.54) is 11.5 Å². The van der Waals surface area contributed by atoms with E-state index in [9.17, 15) is 4.79 Å². The molecule has 2 amide bonds. The molecule has 2 N–H and O–H groups in total. The molecule has 1 heterocycles. The molecule has 0 spiro atoms. The van der Waals surface area contributed by atoms with Crippen LogP contribution >= 0.6 is 11.5 Å². The average Bonchev–Trinajstić information content (AvgIpc) is 3.16. The molecule has 1 aromatic heterocycles. The van der Waals surface area contributed by atoms with Gasteiger partial charge in [-0.2, -0.15) is 0 Å². The number of amides is 2.